The highest BCUT2D eigenvalue weighted by molar-refractivity contribution is 7.14. The largest absolute Gasteiger partial charge is 0.324 e. The molecule has 0 aliphatic heterocycles. The van der Waals surface area contributed by atoms with E-state index >= 15 is 0 Å². The summed E-state index contributed by atoms with van der Waals surface area (Å²) in [7, 11) is 0. The average Bonchev–Trinajstić information content (AvgIpc) is 2.94. The monoisotopic (exact) mass is 310 g/mol. The molecule has 0 fully saturated rings. The summed E-state index contributed by atoms with van der Waals surface area (Å²) in [6.07, 6.45) is 3.52. The summed E-state index contributed by atoms with van der Waals surface area (Å²) in [5.41, 5.74) is 2.20. The number of nitrogens with one attached hydrogen (secondary N) is 1. The molecule has 2 heterocycles. The molecule has 0 aliphatic rings. The Morgan fingerprint density at radius 2 is 2.09 bits per heavy atom. The lowest BCUT2D eigenvalue weighted by Gasteiger charge is -2.06. The maximum Gasteiger partial charge on any atom is 0.227 e. The molecule has 0 unspecified atom stereocenters. The molecule has 0 atom stereocenters. The number of hydrogen-bond acceptors (Lipinski definition) is 6. The molecular formula is C16H14N4OS. The van der Waals surface area contributed by atoms with Crippen LogP contribution in [0.1, 0.15) is 22.2 Å². The first-order chi connectivity index (χ1) is 10.6. The average molecular weight is 310 g/mol. The molecule has 110 valence electrons. The third kappa shape index (κ3) is 3.17. The lowest BCUT2D eigenvalue weighted by Crippen LogP contribution is -1.99. The van der Waals surface area contributed by atoms with E-state index in [1.165, 1.54) is 0 Å². The van der Waals surface area contributed by atoms with Gasteiger partial charge in [-0.1, -0.05) is 12.1 Å². The highest BCUT2D eigenvalue weighted by Crippen LogP contribution is 2.24. The number of rotatable bonds is 4. The number of thiazole rings is 1. The van der Waals surface area contributed by atoms with E-state index in [2.05, 4.69) is 20.3 Å². The summed E-state index contributed by atoms with van der Waals surface area (Å²) in [6, 6.07) is 9.09. The van der Waals surface area contributed by atoms with E-state index in [9.17, 15) is 4.79 Å². The predicted molar refractivity (Wildman–Crippen MR) is 87.6 cm³/mol. The number of benzene rings is 1. The first kappa shape index (κ1) is 14.3. The van der Waals surface area contributed by atoms with E-state index in [-0.39, 0.29) is 5.78 Å². The molecule has 2 aromatic heterocycles. The van der Waals surface area contributed by atoms with Gasteiger partial charge in [0.15, 0.2) is 5.78 Å². The van der Waals surface area contributed by atoms with Crippen LogP contribution in [0.4, 0.5) is 11.6 Å². The first-order valence-electron chi connectivity index (χ1n) is 6.76. The van der Waals surface area contributed by atoms with E-state index in [1.54, 1.807) is 36.6 Å². The summed E-state index contributed by atoms with van der Waals surface area (Å²) in [6.45, 7) is 3.55. The van der Waals surface area contributed by atoms with E-state index in [4.69, 9.17) is 0 Å². The van der Waals surface area contributed by atoms with Gasteiger partial charge < -0.3 is 5.32 Å². The van der Waals surface area contributed by atoms with Crippen molar-refractivity contribution in [3.63, 3.8) is 0 Å². The van der Waals surface area contributed by atoms with Crippen LogP contribution in [0, 0.1) is 6.92 Å². The number of aryl methyl sites for hydroxylation is 1. The Morgan fingerprint density at radius 1 is 1.23 bits per heavy atom. The SMILES string of the molecule is CC(=O)c1cccc(Nc2nccc(-c3ncc(C)s3)n2)c1. The van der Waals surface area contributed by atoms with Crippen LogP contribution < -0.4 is 5.32 Å². The lowest BCUT2D eigenvalue weighted by atomic mass is 10.1. The molecule has 0 bridgehead atoms. The highest BCUT2D eigenvalue weighted by Gasteiger charge is 2.07. The van der Waals surface area contributed by atoms with Crippen LogP contribution in [0.15, 0.2) is 42.7 Å². The van der Waals surface area contributed by atoms with E-state index in [1.807, 2.05) is 31.3 Å². The highest BCUT2D eigenvalue weighted by atomic mass is 32.1. The molecule has 0 amide bonds. The standard InChI is InChI=1S/C16H14N4OS/c1-10-9-18-15(22-10)14-6-7-17-16(20-14)19-13-5-3-4-12(8-13)11(2)21/h3-9H,1-2H3,(H,17,19,20). The van der Waals surface area contributed by atoms with Crippen molar-refractivity contribution in [3.05, 3.63) is 53.2 Å². The zero-order chi connectivity index (χ0) is 15.5. The van der Waals surface area contributed by atoms with Gasteiger partial charge in [-0.05, 0) is 32.0 Å². The van der Waals surface area contributed by atoms with Gasteiger partial charge >= 0.3 is 0 Å². The van der Waals surface area contributed by atoms with Gasteiger partial charge in [0.25, 0.3) is 0 Å². The fraction of sp³-hybridized carbons (Fsp3) is 0.125. The number of aromatic nitrogens is 3. The Balaban J connectivity index is 1.87. The second-order valence-corrected chi connectivity index (χ2v) is 6.04. The van der Waals surface area contributed by atoms with Crippen molar-refractivity contribution in [1.82, 2.24) is 15.0 Å². The van der Waals surface area contributed by atoms with Gasteiger partial charge in [0.1, 0.15) is 10.7 Å². The van der Waals surface area contributed by atoms with Crippen LogP contribution in [0.25, 0.3) is 10.7 Å². The summed E-state index contributed by atoms with van der Waals surface area (Å²) >= 11 is 1.59. The minimum atomic E-state index is 0.0246. The molecule has 0 aliphatic carbocycles. The third-order valence-electron chi connectivity index (χ3n) is 3.02. The molecule has 6 heteroatoms. The maximum atomic E-state index is 11.4. The van der Waals surface area contributed by atoms with Crippen LogP contribution in [0.5, 0.6) is 0 Å². The second-order valence-electron chi connectivity index (χ2n) is 4.80. The quantitative estimate of drug-likeness (QED) is 0.741. The van der Waals surface area contributed by atoms with Gasteiger partial charge in [-0.3, -0.25) is 4.79 Å². The minimum Gasteiger partial charge on any atom is -0.324 e. The molecule has 5 nitrogen and oxygen atoms in total. The Labute approximate surface area is 132 Å². The Hall–Kier alpha value is -2.60. The molecule has 0 saturated carbocycles. The number of nitrogens with zero attached hydrogens (tertiary/aromatic N) is 3. The van der Waals surface area contributed by atoms with E-state index in [0.717, 1.165) is 21.3 Å². The molecule has 3 aromatic rings. The summed E-state index contributed by atoms with van der Waals surface area (Å²) in [4.78, 5) is 25.6. The van der Waals surface area contributed by atoms with Crippen LogP contribution in [-0.2, 0) is 0 Å². The number of Topliss-reactive ketones (excluding diaryl/α,β-unsaturated/α-hetero) is 1. The minimum absolute atomic E-state index is 0.0246. The van der Waals surface area contributed by atoms with Crippen LogP contribution in [0.2, 0.25) is 0 Å². The van der Waals surface area contributed by atoms with Crippen molar-refractivity contribution in [2.75, 3.05) is 5.32 Å². The number of carbonyl (C=O) groups is 1. The molecule has 3 rings (SSSR count). The summed E-state index contributed by atoms with van der Waals surface area (Å²) < 4.78 is 0. The van der Waals surface area contributed by atoms with E-state index in [0.29, 0.717) is 11.5 Å². The zero-order valence-corrected chi connectivity index (χ0v) is 13.0. The van der Waals surface area contributed by atoms with Gasteiger partial charge in [0.05, 0.1) is 0 Å². The molecule has 0 radical (unpaired) electrons. The third-order valence-corrected chi connectivity index (χ3v) is 3.96. The maximum absolute atomic E-state index is 11.4. The predicted octanol–water partition coefficient (Wildman–Crippen LogP) is 3.85. The van der Waals surface area contributed by atoms with Crippen molar-refractivity contribution in [2.24, 2.45) is 0 Å². The number of hydrogen-bond donors (Lipinski definition) is 1. The summed E-state index contributed by atoms with van der Waals surface area (Å²) in [5, 5.41) is 3.98. The van der Waals surface area contributed by atoms with Crippen molar-refractivity contribution < 1.29 is 4.79 Å². The lowest BCUT2D eigenvalue weighted by molar-refractivity contribution is 0.101. The molecule has 0 saturated heterocycles. The Bertz CT molecular complexity index is 828. The van der Waals surface area contributed by atoms with Crippen LogP contribution in [-0.4, -0.2) is 20.7 Å². The number of ketones is 1. The summed E-state index contributed by atoms with van der Waals surface area (Å²) in [5.74, 6) is 0.502. The van der Waals surface area contributed by atoms with Crippen molar-refractivity contribution in [1.29, 1.82) is 0 Å². The van der Waals surface area contributed by atoms with Crippen molar-refractivity contribution in [2.45, 2.75) is 13.8 Å². The van der Waals surface area contributed by atoms with Crippen molar-refractivity contribution >= 4 is 28.8 Å². The van der Waals surface area contributed by atoms with Gasteiger partial charge in [0.2, 0.25) is 5.95 Å². The number of anilines is 2. The molecular weight excluding hydrogens is 296 g/mol. The van der Waals surface area contributed by atoms with Crippen LogP contribution in [0.3, 0.4) is 0 Å². The van der Waals surface area contributed by atoms with Gasteiger partial charge in [-0.15, -0.1) is 11.3 Å². The normalized spacial score (nSPS) is 10.5. The molecule has 0 spiro atoms. The smallest absolute Gasteiger partial charge is 0.227 e. The molecule has 22 heavy (non-hydrogen) atoms. The zero-order valence-electron chi connectivity index (χ0n) is 12.2. The van der Waals surface area contributed by atoms with Crippen molar-refractivity contribution in [3.8, 4) is 10.7 Å². The Morgan fingerprint density at radius 3 is 2.82 bits per heavy atom. The fourth-order valence-electron chi connectivity index (χ4n) is 1.96. The van der Waals surface area contributed by atoms with E-state index < -0.39 is 0 Å². The Kier molecular flexibility index (Phi) is 3.93. The second kappa shape index (κ2) is 6.03. The van der Waals surface area contributed by atoms with Gasteiger partial charge in [-0.2, -0.15) is 0 Å². The fourth-order valence-corrected chi connectivity index (χ4v) is 2.69. The topological polar surface area (TPSA) is 67.8 Å². The number of carbonyl (C=O) groups excluding carboxylic acids is 1. The van der Waals surface area contributed by atoms with Crippen LogP contribution >= 0.6 is 11.3 Å². The molecule has 1 N–H and O–H groups in total. The molecule has 1 aromatic carbocycles. The first-order valence-corrected chi connectivity index (χ1v) is 7.57. The van der Waals surface area contributed by atoms with Gasteiger partial charge in [0, 0.05) is 28.5 Å². The van der Waals surface area contributed by atoms with Gasteiger partial charge in [-0.25, -0.2) is 15.0 Å².